The first-order valence-electron chi connectivity index (χ1n) is 4.90. The van der Waals surface area contributed by atoms with Gasteiger partial charge in [0.2, 0.25) is 0 Å². The number of esters is 1. The molecule has 2 unspecified atom stereocenters. The minimum absolute atomic E-state index is 0.0812. The van der Waals surface area contributed by atoms with E-state index in [9.17, 15) is 19.7 Å². The maximum absolute atomic E-state index is 11.2. The summed E-state index contributed by atoms with van der Waals surface area (Å²) in [5, 5.41) is 10.6. The first-order valence-corrected chi connectivity index (χ1v) is 5.82. The molecule has 7 heteroatoms. The molecule has 0 aromatic heterocycles. The van der Waals surface area contributed by atoms with Crippen molar-refractivity contribution in [3.8, 4) is 0 Å². The molecule has 6 nitrogen and oxygen atoms in total. The highest BCUT2D eigenvalue weighted by atomic mass is 79.9. The van der Waals surface area contributed by atoms with E-state index in [1.165, 1.54) is 0 Å². The summed E-state index contributed by atoms with van der Waals surface area (Å²) < 4.78 is 4.57. The van der Waals surface area contributed by atoms with E-state index < -0.39 is 21.8 Å². The van der Waals surface area contributed by atoms with E-state index in [0.717, 1.165) is 0 Å². The zero-order chi connectivity index (χ0) is 12.7. The van der Waals surface area contributed by atoms with Crippen LogP contribution in [0.2, 0.25) is 0 Å². The topological polar surface area (TPSA) is 86.5 Å². The average molecular weight is 296 g/mol. The molecular formula is C9H14BrNO5. The van der Waals surface area contributed by atoms with Crippen molar-refractivity contribution in [1.29, 1.82) is 0 Å². The molecule has 0 N–H and O–H groups in total. The quantitative estimate of drug-likeness (QED) is 0.306. The van der Waals surface area contributed by atoms with Crippen LogP contribution in [0.3, 0.4) is 0 Å². The van der Waals surface area contributed by atoms with Crippen LogP contribution in [0.25, 0.3) is 0 Å². The molecule has 0 saturated heterocycles. The number of carbonyl (C=O) groups excluding carboxylic acids is 2. The Kier molecular flexibility index (Phi) is 6.87. The summed E-state index contributed by atoms with van der Waals surface area (Å²) in [6, 6.07) is -1.49. The van der Waals surface area contributed by atoms with Gasteiger partial charge in [0.05, 0.1) is 11.4 Å². The molecule has 0 rings (SSSR count). The fourth-order valence-corrected chi connectivity index (χ4v) is 1.73. The Balaban J connectivity index is 4.51. The van der Waals surface area contributed by atoms with Crippen LogP contribution in [0.15, 0.2) is 0 Å². The molecule has 0 saturated carbocycles. The highest BCUT2D eigenvalue weighted by Crippen LogP contribution is 2.14. The van der Waals surface area contributed by atoms with Gasteiger partial charge in [-0.1, -0.05) is 22.9 Å². The SMILES string of the molecule is CCOC(=O)C(CC(Br)C(=O)CC)[N+](=O)[O-]. The molecule has 0 aromatic carbocycles. The zero-order valence-electron chi connectivity index (χ0n) is 9.14. The molecule has 92 valence electrons. The number of nitrogens with zero attached hydrogens (tertiary/aromatic N) is 1. The molecule has 0 bridgehead atoms. The van der Waals surface area contributed by atoms with Gasteiger partial charge in [-0.2, -0.15) is 0 Å². The van der Waals surface area contributed by atoms with E-state index in [1.54, 1.807) is 13.8 Å². The Morgan fingerprint density at radius 1 is 1.44 bits per heavy atom. The van der Waals surface area contributed by atoms with Crippen molar-refractivity contribution < 1.29 is 19.2 Å². The van der Waals surface area contributed by atoms with Crippen LogP contribution in [0.5, 0.6) is 0 Å². The lowest BCUT2D eigenvalue weighted by molar-refractivity contribution is -0.511. The van der Waals surface area contributed by atoms with E-state index in [4.69, 9.17) is 0 Å². The summed E-state index contributed by atoms with van der Waals surface area (Å²) in [6.45, 7) is 3.30. The van der Waals surface area contributed by atoms with E-state index in [0.29, 0.717) is 0 Å². The first kappa shape index (κ1) is 15.0. The number of rotatable bonds is 7. The zero-order valence-corrected chi connectivity index (χ0v) is 10.7. The van der Waals surface area contributed by atoms with Crippen molar-refractivity contribution >= 4 is 27.7 Å². The number of hydrogen-bond acceptors (Lipinski definition) is 5. The number of ether oxygens (including phenoxy) is 1. The third kappa shape index (κ3) is 4.69. The van der Waals surface area contributed by atoms with Crippen LogP contribution in [0.4, 0.5) is 0 Å². The van der Waals surface area contributed by atoms with Crippen LogP contribution in [0, 0.1) is 10.1 Å². The molecule has 0 aliphatic carbocycles. The standard InChI is InChI=1S/C9H14BrNO5/c1-3-8(12)6(10)5-7(11(14)15)9(13)16-4-2/h6-7H,3-5H2,1-2H3. The molecule has 0 fully saturated rings. The Bertz CT molecular complexity index is 281. The molecule has 0 heterocycles. The predicted molar refractivity (Wildman–Crippen MR) is 60.0 cm³/mol. The van der Waals surface area contributed by atoms with Gasteiger partial charge < -0.3 is 4.74 Å². The molecule has 0 spiro atoms. The largest absolute Gasteiger partial charge is 0.461 e. The van der Waals surface area contributed by atoms with Crippen molar-refractivity contribution in [2.24, 2.45) is 0 Å². The second-order valence-electron chi connectivity index (χ2n) is 3.08. The summed E-state index contributed by atoms with van der Waals surface area (Å²) in [5.74, 6) is -1.07. The minimum atomic E-state index is -1.49. The monoisotopic (exact) mass is 295 g/mol. The second-order valence-corrected chi connectivity index (χ2v) is 4.18. The van der Waals surface area contributed by atoms with Gasteiger partial charge in [-0.3, -0.25) is 14.9 Å². The van der Waals surface area contributed by atoms with Gasteiger partial charge in [0.15, 0.2) is 0 Å². The number of nitro groups is 1. The summed E-state index contributed by atoms with van der Waals surface area (Å²) >= 11 is 3.03. The molecule has 0 radical (unpaired) electrons. The lowest BCUT2D eigenvalue weighted by Gasteiger charge is -2.11. The summed E-state index contributed by atoms with van der Waals surface area (Å²) in [4.78, 5) is 31.7. The van der Waals surface area contributed by atoms with Gasteiger partial charge >= 0.3 is 12.0 Å². The molecule has 2 atom stereocenters. The Hall–Kier alpha value is -0.980. The van der Waals surface area contributed by atoms with Gasteiger partial charge in [-0.15, -0.1) is 0 Å². The number of carbonyl (C=O) groups is 2. The van der Waals surface area contributed by atoms with E-state index in [-0.39, 0.29) is 25.2 Å². The van der Waals surface area contributed by atoms with Gasteiger partial charge in [-0.25, -0.2) is 4.79 Å². The third-order valence-corrected chi connectivity index (χ3v) is 2.83. The highest BCUT2D eigenvalue weighted by Gasteiger charge is 2.35. The van der Waals surface area contributed by atoms with Crippen LogP contribution in [-0.4, -0.2) is 34.2 Å². The molecule has 0 aliphatic rings. The third-order valence-electron chi connectivity index (χ3n) is 1.94. The van der Waals surface area contributed by atoms with Gasteiger partial charge in [-0.05, 0) is 6.92 Å². The van der Waals surface area contributed by atoms with Gasteiger partial charge in [0, 0.05) is 17.8 Å². The van der Waals surface area contributed by atoms with Crippen molar-refractivity contribution in [2.75, 3.05) is 6.61 Å². The van der Waals surface area contributed by atoms with E-state index in [1.807, 2.05) is 0 Å². The maximum Gasteiger partial charge on any atom is 0.381 e. The van der Waals surface area contributed by atoms with E-state index in [2.05, 4.69) is 20.7 Å². The first-order chi connectivity index (χ1) is 7.43. The number of hydrogen-bond donors (Lipinski definition) is 0. The molecule has 0 aliphatic heterocycles. The van der Waals surface area contributed by atoms with Crippen molar-refractivity contribution in [3.05, 3.63) is 10.1 Å². The molecule has 0 aromatic rings. The smallest absolute Gasteiger partial charge is 0.381 e. The summed E-state index contributed by atoms with van der Waals surface area (Å²) in [6.07, 6.45) is 0.0850. The number of ketones is 1. The second kappa shape index (κ2) is 7.32. The summed E-state index contributed by atoms with van der Waals surface area (Å²) in [7, 11) is 0. The molecule has 0 amide bonds. The van der Waals surface area contributed by atoms with Crippen LogP contribution >= 0.6 is 15.9 Å². The van der Waals surface area contributed by atoms with Crippen LogP contribution in [0.1, 0.15) is 26.7 Å². The fourth-order valence-electron chi connectivity index (χ4n) is 1.06. The van der Waals surface area contributed by atoms with Gasteiger partial charge in [0.1, 0.15) is 5.78 Å². The minimum Gasteiger partial charge on any atom is -0.461 e. The Labute approximate surface area is 102 Å². The Morgan fingerprint density at radius 2 is 2.00 bits per heavy atom. The summed E-state index contributed by atoms with van der Waals surface area (Å²) in [5.41, 5.74) is 0. The van der Waals surface area contributed by atoms with Crippen molar-refractivity contribution in [3.63, 3.8) is 0 Å². The van der Waals surface area contributed by atoms with Crippen LogP contribution < -0.4 is 0 Å². The maximum atomic E-state index is 11.2. The predicted octanol–water partition coefficient (Wildman–Crippen LogP) is 1.33. The molecule has 16 heavy (non-hydrogen) atoms. The van der Waals surface area contributed by atoms with Crippen molar-refractivity contribution in [1.82, 2.24) is 0 Å². The average Bonchev–Trinajstić information content (AvgIpc) is 2.23. The lowest BCUT2D eigenvalue weighted by atomic mass is 10.1. The number of Topliss-reactive ketones (excluding diaryl/α,β-unsaturated/α-hetero) is 1. The van der Waals surface area contributed by atoms with E-state index >= 15 is 0 Å². The van der Waals surface area contributed by atoms with Crippen molar-refractivity contribution in [2.45, 2.75) is 37.6 Å². The van der Waals surface area contributed by atoms with Crippen LogP contribution in [-0.2, 0) is 14.3 Å². The fraction of sp³-hybridized carbons (Fsp3) is 0.778. The normalized spacial score (nSPS) is 13.9. The number of alkyl halides is 1. The number of halogens is 1. The highest BCUT2D eigenvalue weighted by molar-refractivity contribution is 9.10. The lowest BCUT2D eigenvalue weighted by Crippen LogP contribution is -2.35. The van der Waals surface area contributed by atoms with Gasteiger partial charge in [0.25, 0.3) is 0 Å². The Morgan fingerprint density at radius 3 is 2.38 bits per heavy atom. The molecular weight excluding hydrogens is 282 g/mol.